The fraction of sp³-hybridized carbons (Fsp3) is 0.500. The first kappa shape index (κ1) is 10.9. The third-order valence-corrected chi connectivity index (χ3v) is 5.83. The van der Waals surface area contributed by atoms with Gasteiger partial charge in [0.05, 0.1) is 5.60 Å². The maximum Gasteiger partial charge on any atom is 0.136 e. The minimum absolute atomic E-state index is 0.629. The van der Waals surface area contributed by atoms with Crippen LogP contribution in [0.5, 0.6) is 0 Å². The summed E-state index contributed by atoms with van der Waals surface area (Å²) in [7, 11) is 0. The Balaban J connectivity index is 1.76. The molecule has 2 aliphatic heterocycles. The van der Waals surface area contributed by atoms with Crippen molar-refractivity contribution in [1.29, 1.82) is 0 Å². The Morgan fingerprint density at radius 3 is 2.83 bits per heavy atom. The van der Waals surface area contributed by atoms with E-state index in [0.717, 1.165) is 24.1 Å². The van der Waals surface area contributed by atoms with E-state index in [4.69, 9.17) is 0 Å². The zero-order valence-electron chi connectivity index (χ0n) is 10.1. The van der Waals surface area contributed by atoms with Crippen LogP contribution in [0.4, 0.5) is 0 Å². The third kappa shape index (κ3) is 1.59. The monoisotopic (exact) mass is 260 g/mol. The van der Waals surface area contributed by atoms with Gasteiger partial charge in [-0.15, -0.1) is 0 Å². The van der Waals surface area contributed by atoms with Gasteiger partial charge in [0.2, 0.25) is 0 Å². The maximum atomic E-state index is 11.0. The summed E-state index contributed by atoms with van der Waals surface area (Å²) in [5, 5.41) is 12.3. The second-order valence-corrected chi connectivity index (χ2v) is 7.11. The molecule has 4 heterocycles. The summed E-state index contributed by atoms with van der Waals surface area (Å²) < 4.78 is 2.00. The van der Waals surface area contributed by atoms with Gasteiger partial charge in [-0.2, -0.15) is 11.8 Å². The number of nitrogens with zero attached hydrogens (tertiary/aromatic N) is 2. The normalized spacial score (nSPS) is 35.2. The molecule has 2 aromatic heterocycles. The van der Waals surface area contributed by atoms with Crippen molar-refractivity contribution in [2.24, 2.45) is 0 Å². The van der Waals surface area contributed by atoms with Crippen LogP contribution in [-0.4, -0.2) is 25.0 Å². The molecular weight excluding hydrogens is 244 g/mol. The van der Waals surface area contributed by atoms with Crippen molar-refractivity contribution in [2.45, 2.75) is 41.8 Å². The van der Waals surface area contributed by atoms with Gasteiger partial charge in [-0.1, -0.05) is 6.07 Å². The third-order valence-electron chi connectivity index (χ3n) is 4.25. The Labute approximate surface area is 110 Å². The van der Waals surface area contributed by atoms with Gasteiger partial charge >= 0.3 is 0 Å². The summed E-state index contributed by atoms with van der Waals surface area (Å²) in [5.41, 5.74) is 1.36. The molecule has 2 bridgehead atoms. The van der Waals surface area contributed by atoms with Crippen LogP contribution in [0.3, 0.4) is 0 Å². The molecule has 94 valence electrons. The highest BCUT2D eigenvalue weighted by Gasteiger charge is 2.44. The van der Waals surface area contributed by atoms with Crippen molar-refractivity contribution in [3.8, 4) is 0 Å². The maximum absolute atomic E-state index is 11.0. The van der Waals surface area contributed by atoms with Crippen LogP contribution in [0, 0.1) is 0 Å². The standard InChI is InChI=1S/C14H16N2OS/c17-14(7-11-2-3-12(8-14)18-11)10-1-4-13-15-5-6-16(13)9-10/h1,4-6,9,11-12,17H,2-3,7-8H2. The highest BCUT2D eigenvalue weighted by Crippen LogP contribution is 2.51. The molecule has 0 saturated carbocycles. The molecule has 3 nitrogen and oxygen atoms in total. The molecule has 4 rings (SSSR count). The number of fused-ring (bicyclic) bond motifs is 3. The van der Waals surface area contributed by atoms with E-state index in [0.29, 0.717) is 10.5 Å². The quantitative estimate of drug-likeness (QED) is 0.856. The average molecular weight is 260 g/mol. The molecule has 0 aliphatic carbocycles. The van der Waals surface area contributed by atoms with Gasteiger partial charge in [-0.3, -0.25) is 0 Å². The van der Waals surface area contributed by atoms with Gasteiger partial charge in [0.25, 0.3) is 0 Å². The lowest BCUT2D eigenvalue weighted by molar-refractivity contribution is 0.0192. The summed E-state index contributed by atoms with van der Waals surface area (Å²) in [6.45, 7) is 0. The van der Waals surface area contributed by atoms with Crippen LogP contribution in [0.1, 0.15) is 31.2 Å². The second kappa shape index (κ2) is 3.75. The number of aliphatic hydroxyl groups is 1. The molecule has 2 unspecified atom stereocenters. The molecule has 0 amide bonds. The molecule has 0 spiro atoms. The summed E-state index contributed by atoms with van der Waals surface area (Å²) in [6.07, 6.45) is 10.1. The SMILES string of the molecule is OC1(c2ccc3nccn3c2)CC2CCC(C1)S2. The number of hydrogen-bond acceptors (Lipinski definition) is 3. The van der Waals surface area contributed by atoms with Crippen LogP contribution in [0.2, 0.25) is 0 Å². The molecular formula is C14H16N2OS. The summed E-state index contributed by atoms with van der Waals surface area (Å²) in [4.78, 5) is 4.25. The highest BCUT2D eigenvalue weighted by atomic mass is 32.2. The fourth-order valence-electron chi connectivity index (χ4n) is 3.35. The minimum Gasteiger partial charge on any atom is -0.385 e. The summed E-state index contributed by atoms with van der Waals surface area (Å²) >= 11 is 2.08. The van der Waals surface area contributed by atoms with E-state index in [2.05, 4.69) is 16.7 Å². The topological polar surface area (TPSA) is 37.5 Å². The molecule has 2 aliphatic rings. The van der Waals surface area contributed by atoms with Gasteiger partial charge in [0, 0.05) is 34.7 Å². The summed E-state index contributed by atoms with van der Waals surface area (Å²) in [6, 6.07) is 4.04. The Morgan fingerprint density at radius 2 is 2.06 bits per heavy atom. The first-order valence-corrected chi connectivity index (χ1v) is 7.48. The first-order chi connectivity index (χ1) is 8.73. The van der Waals surface area contributed by atoms with Crippen molar-refractivity contribution in [2.75, 3.05) is 0 Å². The molecule has 0 radical (unpaired) electrons. The number of imidazole rings is 1. The number of rotatable bonds is 1. The highest BCUT2D eigenvalue weighted by molar-refractivity contribution is 8.00. The molecule has 2 aromatic rings. The molecule has 0 aromatic carbocycles. The van der Waals surface area contributed by atoms with Crippen molar-refractivity contribution >= 4 is 17.4 Å². The Hall–Kier alpha value is -1.00. The lowest BCUT2D eigenvalue weighted by Gasteiger charge is -2.36. The second-order valence-electron chi connectivity index (χ2n) is 5.51. The van der Waals surface area contributed by atoms with Gasteiger partial charge < -0.3 is 9.51 Å². The first-order valence-electron chi connectivity index (χ1n) is 6.54. The molecule has 1 N–H and O–H groups in total. The van der Waals surface area contributed by atoms with Crippen LogP contribution in [0.25, 0.3) is 5.65 Å². The minimum atomic E-state index is -0.629. The zero-order valence-corrected chi connectivity index (χ0v) is 10.9. The molecule has 4 heteroatoms. The van der Waals surface area contributed by atoms with Gasteiger partial charge in [-0.05, 0) is 31.7 Å². The van der Waals surface area contributed by atoms with Crippen molar-refractivity contribution in [3.63, 3.8) is 0 Å². The van der Waals surface area contributed by atoms with Crippen LogP contribution in [-0.2, 0) is 5.60 Å². The van der Waals surface area contributed by atoms with Gasteiger partial charge in [-0.25, -0.2) is 4.98 Å². The molecule has 2 atom stereocenters. The van der Waals surface area contributed by atoms with Gasteiger partial charge in [0.1, 0.15) is 5.65 Å². The fourth-order valence-corrected chi connectivity index (χ4v) is 5.18. The smallest absolute Gasteiger partial charge is 0.136 e. The Kier molecular flexibility index (Phi) is 2.26. The Morgan fingerprint density at radius 1 is 1.28 bits per heavy atom. The van der Waals surface area contributed by atoms with Crippen molar-refractivity contribution in [1.82, 2.24) is 9.38 Å². The lowest BCUT2D eigenvalue weighted by Crippen LogP contribution is -2.34. The van der Waals surface area contributed by atoms with E-state index < -0.39 is 5.60 Å². The lowest BCUT2D eigenvalue weighted by atomic mass is 9.87. The molecule has 2 fully saturated rings. The Bertz CT molecular complexity index is 582. The van der Waals surface area contributed by atoms with Crippen molar-refractivity contribution < 1.29 is 5.11 Å². The van der Waals surface area contributed by atoms with E-state index in [1.807, 2.05) is 28.9 Å². The molecule has 18 heavy (non-hydrogen) atoms. The van der Waals surface area contributed by atoms with Crippen LogP contribution >= 0.6 is 11.8 Å². The summed E-state index contributed by atoms with van der Waals surface area (Å²) in [5.74, 6) is 0. The van der Waals surface area contributed by atoms with Gasteiger partial charge in [0.15, 0.2) is 0 Å². The van der Waals surface area contributed by atoms with Crippen LogP contribution in [0.15, 0.2) is 30.7 Å². The van der Waals surface area contributed by atoms with E-state index in [1.165, 1.54) is 12.8 Å². The average Bonchev–Trinajstić information content (AvgIpc) is 2.95. The predicted octanol–water partition coefficient (Wildman–Crippen LogP) is 2.58. The van der Waals surface area contributed by atoms with E-state index in [1.54, 1.807) is 6.20 Å². The zero-order chi connectivity index (χ0) is 12.2. The van der Waals surface area contributed by atoms with Crippen LogP contribution < -0.4 is 0 Å². The van der Waals surface area contributed by atoms with E-state index in [9.17, 15) is 5.11 Å². The van der Waals surface area contributed by atoms with E-state index in [-0.39, 0.29) is 0 Å². The van der Waals surface area contributed by atoms with Crippen molar-refractivity contribution in [3.05, 3.63) is 36.3 Å². The largest absolute Gasteiger partial charge is 0.385 e. The number of pyridine rings is 1. The predicted molar refractivity (Wildman–Crippen MR) is 72.7 cm³/mol. The number of hydrogen-bond donors (Lipinski definition) is 1. The number of thioether (sulfide) groups is 1. The number of aromatic nitrogens is 2. The molecule has 2 saturated heterocycles. The van der Waals surface area contributed by atoms with E-state index >= 15 is 0 Å².